The van der Waals surface area contributed by atoms with Crippen molar-refractivity contribution in [3.63, 3.8) is 0 Å². The first-order valence-corrected chi connectivity index (χ1v) is 6.08. The van der Waals surface area contributed by atoms with E-state index in [1.54, 1.807) is 13.8 Å². The lowest BCUT2D eigenvalue weighted by Gasteiger charge is -2.04. The summed E-state index contributed by atoms with van der Waals surface area (Å²) < 4.78 is 22.5. The van der Waals surface area contributed by atoms with Gasteiger partial charge in [-0.2, -0.15) is 0 Å². The molecule has 0 aliphatic heterocycles. The van der Waals surface area contributed by atoms with Crippen molar-refractivity contribution in [2.24, 2.45) is 0 Å². The van der Waals surface area contributed by atoms with Crippen molar-refractivity contribution in [1.82, 2.24) is 0 Å². The molecule has 0 spiro atoms. The third-order valence-corrected chi connectivity index (χ3v) is 3.33. The molecule has 82 valence electrons. The van der Waals surface area contributed by atoms with E-state index in [1.165, 1.54) is 6.07 Å². The van der Waals surface area contributed by atoms with Crippen molar-refractivity contribution >= 4 is 15.5 Å². The SMILES string of the molecule is Cc1cc(S(C)(=O)=O)cc([N+](=O)[O-])c1C. The molecule has 0 aliphatic carbocycles. The normalized spacial score (nSPS) is 11.4. The summed E-state index contributed by atoms with van der Waals surface area (Å²) in [5.74, 6) is 0. The second-order valence-corrected chi connectivity index (χ2v) is 5.43. The quantitative estimate of drug-likeness (QED) is 0.570. The molecule has 15 heavy (non-hydrogen) atoms. The van der Waals surface area contributed by atoms with Gasteiger partial charge in [-0.15, -0.1) is 0 Å². The molecule has 0 bridgehead atoms. The molecule has 0 aromatic heterocycles. The standard InChI is InChI=1S/C9H11NO4S/c1-6-4-8(15(3,13)14)5-9(7(6)2)10(11)12/h4-5H,1-3H3. The van der Waals surface area contributed by atoms with E-state index in [2.05, 4.69) is 0 Å². The first kappa shape index (κ1) is 11.6. The fraction of sp³-hybridized carbons (Fsp3) is 0.333. The van der Waals surface area contributed by atoms with E-state index in [9.17, 15) is 18.5 Å². The number of rotatable bonds is 2. The maximum absolute atomic E-state index is 11.2. The van der Waals surface area contributed by atoms with Gasteiger partial charge >= 0.3 is 0 Å². The molecule has 1 aromatic rings. The Hall–Kier alpha value is -1.43. The lowest BCUT2D eigenvalue weighted by atomic mass is 10.1. The highest BCUT2D eigenvalue weighted by molar-refractivity contribution is 7.90. The predicted octanol–water partition coefficient (Wildman–Crippen LogP) is 1.62. The van der Waals surface area contributed by atoms with E-state index in [0.717, 1.165) is 12.3 Å². The Morgan fingerprint density at radius 2 is 1.80 bits per heavy atom. The zero-order valence-electron chi connectivity index (χ0n) is 8.64. The van der Waals surface area contributed by atoms with E-state index >= 15 is 0 Å². The maximum atomic E-state index is 11.2. The predicted molar refractivity (Wildman–Crippen MR) is 55.7 cm³/mol. The number of sulfone groups is 1. The second kappa shape index (κ2) is 3.62. The van der Waals surface area contributed by atoms with Crippen LogP contribution in [0.25, 0.3) is 0 Å². The van der Waals surface area contributed by atoms with Gasteiger partial charge in [0.2, 0.25) is 0 Å². The third kappa shape index (κ3) is 2.33. The lowest BCUT2D eigenvalue weighted by Crippen LogP contribution is -2.01. The first-order chi connectivity index (χ1) is 6.73. The van der Waals surface area contributed by atoms with Crippen molar-refractivity contribution in [2.75, 3.05) is 6.26 Å². The lowest BCUT2D eigenvalue weighted by molar-refractivity contribution is -0.385. The van der Waals surface area contributed by atoms with Crippen LogP contribution in [0.4, 0.5) is 5.69 Å². The molecule has 0 radical (unpaired) electrons. The minimum atomic E-state index is -3.40. The Morgan fingerprint density at radius 1 is 1.27 bits per heavy atom. The highest BCUT2D eigenvalue weighted by Gasteiger charge is 2.18. The van der Waals surface area contributed by atoms with Crippen LogP contribution in [0.5, 0.6) is 0 Å². The average molecular weight is 229 g/mol. The van der Waals surface area contributed by atoms with Gasteiger partial charge in [-0.25, -0.2) is 8.42 Å². The van der Waals surface area contributed by atoms with Gasteiger partial charge in [0.05, 0.1) is 9.82 Å². The molecule has 0 amide bonds. The summed E-state index contributed by atoms with van der Waals surface area (Å²) in [6.07, 6.45) is 1.03. The molecular formula is C9H11NO4S. The summed E-state index contributed by atoms with van der Waals surface area (Å²) in [5, 5.41) is 10.7. The first-order valence-electron chi connectivity index (χ1n) is 4.19. The number of nitrogens with zero attached hydrogens (tertiary/aromatic N) is 1. The van der Waals surface area contributed by atoms with E-state index in [4.69, 9.17) is 0 Å². The van der Waals surface area contributed by atoms with Crippen molar-refractivity contribution in [1.29, 1.82) is 0 Å². The maximum Gasteiger partial charge on any atom is 0.273 e. The second-order valence-electron chi connectivity index (χ2n) is 3.41. The van der Waals surface area contributed by atoms with Crippen LogP contribution in [0.2, 0.25) is 0 Å². The van der Waals surface area contributed by atoms with E-state index < -0.39 is 14.8 Å². The van der Waals surface area contributed by atoms with Gasteiger partial charge in [-0.1, -0.05) is 0 Å². The van der Waals surface area contributed by atoms with Gasteiger partial charge in [-0.05, 0) is 25.5 Å². The summed E-state index contributed by atoms with van der Waals surface area (Å²) in [7, 11) is -3.40. The van der Waals surface area contributed by atoms with Crippen LogP contribution < -0.4 is 0 Å². The van der Waals surface area contributed by atoms with Gasteiger partial charge < -0.3 is 0 Å². The van der Waals surface area contributed by atoms with Crippen LogP contribution in [-0.4, -0.2) is 19.6 Å². The van der Waals surface area contributed by atoms with Gasteiger partial charge in [0.15, 0.2) is 9.84 Å². The Morgan fingerprint density at radius 3 is 2.20 bits per heavy atom. The smallest absolute Gasteiger partial charge is 0.258 e. The number of hydrogen-bond donors (Lipinski definition) is 0. The fourth-order valence-electron chi connectivity index (χ4n) is 1.21. The number of benzene rings is 1. The molecule has 0 atom stereocenters. The summed E-state index contributed by atoms with van der Waals surface area (Å²) in [5.41, 5.74) is 0.937. The van der Waals surface area contributed by atoms with Crippen LogP contribution in [0.3, 0.4) is 0 Å². The number of nitro benzene ring substituents is 1. The van der Waals surface area contributed by atoms with Crippen LogP contribution in [0, 0.1) is 24.0 Å². The topological polar surface area (TPSA) is 77.3 Å². The van der Waals surface area contributed by atoms with Gasteiger partial charge in [0.25, 0.3) is 5.69 Å². The monoisotopic (exact) mass is 229 g/mol. The average Bonchev–Trinajstić information content (AvgIpc) is 2.06. The molecule has 6 heteroatoms. The highest BCUT2D eigenvalue weighted by atomic mass is 32.2. The highest BCUT2D eigenvalue weighted by Crippen LogP contribution is 2.25. The van der Waals surface area contributed by atoms with Gasteiger partial charge in [-0.3, -0.25) is 10.1 Å². The van der Waals surface area contributed by atoms with Crippen molar-refractivity contribution < 1.29 is 13.3 Å². The molecule has 0 saturated carbocycles. The molecular weight excluding hydrogens is 218 g/mol. The molecule has 0 heterocycles. The molecule has 0 unspecified atom stereocenters. The summed E-state index contributed by atoms with van der Waals surface area (Å²) in [4.78, 5) is 10.1. The number of nitro groups is 1. The Balaban J connectivity index is 3.57. The molecule has 0 aliphatic rings. The fourth-order valence-corrected chi connectivity index (χ4v) is 1.93. The van der Waals surface area contributed by atoms with E-state index in [0.29, 0.717) is 11.1 Å². The summed E-state index contributed by atoms with van der Waals surface area (Å²) in [6, 6.07) is 2.54. The van der Waals surface area contributed by atoms with Crippen molar-refractivity contribution in [3.8, 4) is 0 Å². The Labute approximate surface area is 87.8 Å². The van der Waals surface area contributed by atoms with Crippen molar-refractivity contribution in [3.05, 3.63) is 33.4 Å². The largest absolute Gasteiger partial charge is 0.273 e. The number of hydrogen-bond acceptors (Lipinski definition) is 4. The molecule has 1 rings (SSSR count). The van der Waals surface area contributed by atoms with E-state index in [-0.39, 0.29) is 10.6 Å². The van der Waals surface area contributed by atoms with Crippen LogP contribution in [-0.2, 0) is 9.84 Å². The van der Waals surface area contributed by atoms with Crippen LogP contribution >= 0.6 is 0 Å². The van der Waals surface area contributed by atoms with Crippen LogP contribution in [0.1, 0.15) is 11.1 Å². The van der Waals surface area contributed by atoms with E-state index in [1.807, 2.05) is 0 Å². The minimum absolute atomic E-state index is 0.0164. The molecule has 0 fully saturated rings. The molecule has 0 saturated heterocycles. The minimum Gasteiger partial charge on any atom is -0.258 e. The third-order valence-electron chi connectivity index (χ3n) is 2.24. The molecule has 1 aromatic carbocycles. The van der Waals surface area contributed by atoms with Gasteiger partial charge in [0.1, 0.15) is 0 Å². The molecule has 0 N–H and O–H groups in total. The zero-order chi connectivity index (χ0) is 11.8. The van der Waals surface area contributed by atoms with Crippen LogP contribution in [0.15, 0.2) is 17.0 Å². The summed E-state index contributed by atoms with van der Waals surface area (Å²) >= 11 is 0. The Bertz CT molecular complexity index is 519. The summed E-state index contributed by atoms with van der Waals surface area (Å²) in [6.45, 7) is 3.25. The number of aryl methyl sites for hydroxylation is 1. The van der Waals surface area contributed by atoms with Gasteiger partial charge in [0, 0.05) is 17.9 Å². The zero-order valence-corrected chi connectivity index (χ0v) is 9.46. The molecule has 5 nitrogen and oxygen atoms in total. The Kier molecular flexibility index (Phi) is 2.81. The van der Waals surface area contributed by atoms with Crippen molar-refractivity contribution in [2.45, 2.75) is 18.7 Å².